The summed E-state index contributed by atoms with van der Waals surface area (Å²) in [4.78, 5) is 26.7. The molecule has 0 aliphatic carbocycles. The van der Waals surface area contributed by atoms with E-state index >= 15 is 0 Å². The summed E-state index contributed by atoms with van der Waals surface area (Å²) in [6, 6.07) is -0.955. The van der Waals surface area contributed by atoms with Crippen molar-refractivity contribution in [2.75, 3.05) is 12.8 Å². The Kier molecular flexibility index (Phi) is 2.39. The Labute approximate surface area is 90.5 Å². The van der Waals surface area contributed by atoms with E-state index in [-0.39, 0.29) is 12.1 Å². The van der Waals surface area contributed by atoms with Crippen molar-refractivity contribution in [2.45, 2.75) is 18.6 Å². The summed E-state index contributed by atoms with van der Waals surface area (Å²) in [6.07, 6.45) is 0.941. The van der Waals surface area contributed by atoms with E-state index < -0.39 is 23.7 Å². The van der Waals surface area contributed by atoms with Gasteiger partial charge in [-0.3, -0.25) is 9.36 Å². The SMILES string of the molecule is CO[C@@H]1C[C@@H](C(=O)O)n2c1ncc(N)c2=O. The van der Waals surface area contributed by atoms with Gasteiger partial charge in [0.1, 0.15) is 23.7 Å². The van der Waals surface area contributed by atoms with Crippen LogP contribution in [0.3, 0.4) is 0 Å². The molecule has 0 amide bonds. The fraction of sp³-hybridized carbons (Fsp3) is 0.444. The Balaban J connectivity index is 2.63. The van der Waals surface area contributed by atoms with Crippen LogP contribution in [-0.4, -0.2) is 27.7 Å². The molecule has 2 atom stereocenters. The predicted octanol–water partition coefficient (Wildman–Crippen LogP) is -0.458. The van der Waals surface area contributed by atoms with Crippen LogP contribution in [0.4, 0.5) is 5.69 Å². The van der Waals surface area contributed by atoms with E-state index in [1.807, 2.05) is 0 Å². The molecule has 7 heteroatoms. The predicted molar refractivity (Wildman–Crippen MR) is 53.9 cm³/mol. The molecule has 0 bridgehead atoms. The second-order valence-electron chi connectivity index (χ2n) is 3.56. The average Bonchev–Trinajstić information content (AvgIpc) is 2.62. The molecule has 1 aromatic rings. The van der Waals surface area contributed by atoms with Crippen LogP contribution in [0.2, 0.25) is 0 Å². The fourth-order valence-electron chi connectivity index (χ4n) is 1.86. The lowest BCUT2D eigenvalue weighted by atomic mass is 10.2. The maximum absolute atomic E-state index is 11.7. The van der Waals surface area contributed by atoms with Crippen LogP contribution in [0.15, 0.2) is 11.0 Å². The summed E-state index contributed by atoms with van der Waals surface area (Å²) in [5.41, 5.74) is 4.82. The molecule has 2 heterocycles. The molecule has 86 valence electrons. The van der Waals surface area contributed by atoms with Gasteiger partial charge in [0.05, 0.1) is 6.20 Å². The minimum Gasteiger partial charge on any atom is -0.480 e. The van der Waals surface area contributed by atoms with E-state index in [0.717, 1.165) is 4.57 Å². The zero-order valence-electron chi connectivity index (χ0n) is 8.58. The Morgan fingerprint density at radius 2 is 2.44 bits per heavy atom. The van der Waals surface area contributed by atoms with Gasteiger partial charge in [-0.1, -0.05) is 0 Å². The minimum absolute atomic E-state index is 0.0632. The quantitative estimate of drug-likeness (QED) is 0.705. The zero-order valence-corrected chi connectivity index (χ0v) is 8.58. The third-order valence-corrected chi connectivity index (χ3v) is 2.66. The second kappa shape index (κ2) is 3.60. The summed E-state index contributed by atoms with van der Waals surface area (Å²) in [5, 5.41) is 9.00. The van der Waals surface area contributed by atoms with Crippen LogP contribution >= 0.6 is 0 Å². The molecule has 0 unspecified atom stereocenters. The molecule has 0 saturated heterocycles. The normalized spacial score (nSPS) is 23.1. The van der Waals surface area contributed by atoms with Gasteiger partial charge in [-0.2, -0.15) is 0 Å². The van der Waals surface area contributed by atoms with Gasteiger partial charge in [0.2, 0.25) is 0 Å². The molecule has 0 saturated carbocycles. The molecule has 0 aromatic carbocycles. The van der Waals surface area contributed by atoms with Crippen LogP contribution in [-0.2, 0) is 9.53 Å². The Bertz CT molecular complexity index is 496. The van der Waals surface area contributed by atoms with Crippen molar-refractivity contribution in [1.29, 1.82) is 0 Å². The highest BCUT2D eigenvalue weighted by atomic mass is 16.5. The third-order valence-electron chi connectivity index (χ3n) is 2.66. The van der Waals surface area contributed by atoms with E-state index in [1.54, 1.807) is 0 Å². The first-order valence-corrected chi connectivity index (χ1v) is 4.68. The van der Waals surface area contributed by atoms with E-state index in [2.05, 4.69) is 4.98 Å². The standard InChI is InChI=1S/C9H11N3O4/c1-16-6-2-5(9(14)15)12-7(6)11-3-4(10)8(12)13/h3,5-6H,2,10H2,1H3,(H,14,15)/t5-,6+/m0/s1. The molecule has 1 aromatic heterocycles. The summed E-state index contributed by atoms with van der Waals surface area (Å²) in [7, 11) is 1.45. The second-order valence-corrected chi connectivity index (χ2v) is 3.56. The molecular weight excluding hydrogens is 214 g/mol. The van der Waals surface area contributed by atoms with Crippen LogP contribution in [0.5, 0.6) is 0 Å². The van der Waals surface area contributed by atoms with E-state index in [1.165, 1.54) is 13.3 Å². The van der Waals surface area contributed by atoms with Gasteiger partial charge >= 0.3 is 5.97 Å². The molecule has 2 rings (SSSR count). The summed E-state index contributed by atoms with van der Waals surface area (Å²) in [5.74, 6) is -0.774. The maximum atomic E-state index is 11.7. The van der Waals surface area contributed by atoms with Gasteiger partial charge in [-0.25, -0.2) is 9.78 Å². The van der Waals surface area contributed by atoms with Crippen LogP contribution in [0.25, 0.3) is 0 Å². The van der Waals surface area contributed by atoms with Gasteiger partial charge < -0.3 is 15.6 Å². The Morgan fingerprint density at radius 1 is 1.75 bits per heavy atom. The van der Waals surface area contributed by atoms with Crippen molar-refractivity contribution in [1.82, 2.24) is 9.55 Å². The highest BCUT2D eigenvalue weighted by Gasteiger charge is 2.37. The maximum Gasteiger partial charge on any atom is 0.326 e. The van der Waals surface area contributed by atoms with Crippen molar-refractivity contribution in [2.24, 2.45) is 0 Å². The number of carboxylic acids is 1. The number of aromatic nitrogens is 2. The molecule has 1 aliphatic rings. The summed E-state index contributed by atoms with van der Waals surface area (Å²) < 4.78 is 6.18. The molecule has 0 radical (unpaired) electrons. The van der Waals surface area contributed by atoms with Crippen LogP contribution in [0.1, 0.15) is 24.4 Å². The number of methoxy groups -OCH3 is 1. The number of anilines is 1. The monoisotopic (exact) mass is 225 g/mol. The first kappa shape index (κ1) is 10.6. The Hall–Kier alpha value is -1.89. The zero-order chi connectivity index (χ0) is 11.9. The first-order valence-electron chi connectivity index (χ1n) is 4.68. The lowest BCUT2D eigenvalue weighted by Gasteiger charge is -2.08. The number of aliphatic carboxylic acids is 1. The number of nitrogens with two attached hydrogens (primary N) is 1. The number of hydrogen-bond acceptors (Lipinski definition) is 5. The topological polar surface area (TPSA) is 107 Å². The molecule has 1 aliphatic heterocycles. The highest BCUT2D eigenvalue weighted by molar-refractivity contribution is 5.72. The number of carboxylic acid groups (broad SMARTS) is 1. The number of hydrogen-bond donors (Lipinski definition) is 2. The number of nitrogens with zero attached hydrogens (tertiary/aromatic N) is 2. The largest absolute Gasteiger partial charge is 0.480 e. The number of rotatable bonds is 2. The van der Waals surface area contributed by atoms with Crippen molar-refractivity contribution in [3.05, 3.63) is 22.4 Å². The van der Waals surface area contributed by atoms with Gasteiger partial charge in [-0.15, -0.1) is 0 Å². The van der Waals surface area contributed by atoms with Crippen molar-refractivity contribution in [3.8, 4) is 0 Å². The average molecular weight is 225 g/mol. The van der Waals surface area contributed by atoms with E-state index in [0.29, 0.717) is 5.82 Å². The first-order chi connectivity index (χ1) is 7.56. The van der Waals surface area contributed by atoms with Crippen LogP contribution in [0, 0.1) is 0 Å². The number of carbonyl (C=O) groups is 1. The van der Waals surface area contributed by atoms with E-state index in [4.69, 9.17) is 15.6 Å². The van der Waals surface area contributed by atoms with Gasteiger partial charge in [0.15, 0.2) is 0 Å². The van der Waals surface area contributed by atoms with Gasteiger partial charge in [0.25, 0.3) is 5.56 Å². The molecule has 7 nitrogen and oxygen atoms in total. The van der Waals surface area contributed by atoms with Gasteiger partial charge in [0, 0.05) is 13.5 Å². The number of ether oxygens (including phenoxy) is 1. The fourth-order valence-corrected chi connectivity index (χ4v) is 1.86. The Morgan fingerprint density at radius 3 is 3.00 bits per heavy atom. The number of fused-ring (bicyclic) bond motifs is 1. The number of nitrogen functional groups attached to an aromatic ring is 1. The van der Waals surface area contributed by atoms with Crippen molar-refractivity contribution in [3.63, 3.8) is 0 Å². The molecule has 0 spiro atoms. The molecule has 3 N–H and O–H groups in total. The molecule has 16 heavy (non-hydrogen) atoms. The minimum atomic E-state index is -1.09. The van der Waals surface area contributed by atoms with Crippen molar-refractivity contribution >= 4 is 11.7 Å². The molecule has 0 fully saturated rings. The summed E-state index contributed by atoms with van der Waals surface area (Å²) >= 11 is 0. The smallest absolute Gasteiger partial charge is 0.326 e. The summed E-state index contributed by atoms with van der Waals surface area (Å²) in [6.45, 7) is 0. The van der Waals surface area contributed by atoms with Gasteiger partial charge in [-0.05, 0) is 0 Å². The van der Waals surface area contributed by atoms with E-state index in [9.17, 15) is 9.59 Å². The van der Waals surface area contributed by atoms with Crippen LogP contribution < -0.4 is 11.3 Å². The highest BCUT2D eigenvalue weighted by Crippen LogP contribution is 2.33. The molecular formula is C9H11N3O4. The lowest BCUT2D eigenvalue weighted by molar-refractivity contribution is -0.141. The third kappa shape index (κ3) is 1.36. The van der Waals surface area contributed by atoms with Crippen molar-refractivity contribution < 1.29 is 14.6 Å². The lowest BCUT2D eigenvalue weighted by Crippen LogP contribution is -2.29.